The number of hydrogen-bond donors (Lipinski definition) is 17. The van der Waals surface area contributed by atoms with E-state index in [1.807, 2.05) is 36.4 Å². The Morgan fingerprint density at radius 2 is 1.07 bits per heavy atom. The van der Waals surface area contributed by atoms with Gasteiger partial charge in [0.15, 0.2) is 5.96 Å². The zero-order valence-corrected chi connectivity index (χ0v) is 60.7. The van der Waals surface area contributed by atoms with Gasteiger partial charge in [-0.2, -0.15) is 11.8 Å². The number of carboxylic acids is 1. The van der Waals surface area contributed by atoms with Crippen LogP contribution in [0.5, 0.6) is 0 Å². The van der Waals surface area contributed by atoms with Crippen molar-refractivity contribution >= 4 is 110 Å². The van der Waals surface area contributed by atoms with Gasteiger partial charge in [-0.25, -0.2) is 9.78 Å². The van der Waals surface area contributed by atoms with Crippen molar-refractivity contribution in [3.05, 3.63) is 90.3 Å². The van der Waals surface area contributed by atoms with Crippen LogP contribution in [0.25, 0.3) is 21.8 Å². The lowest BCUT2D eigenvalue weighted by atomic mass is 9.99. The first-order valence-corrected chi connectivity index (χ1v) is 37.4. The molecule has 0 unspecified atom stereocenters. The van der Waals surface area contributed by atoms with Gasteiger partial charge in [0.05, 0.1) is 24.7 Å². The molecule has 0 bridgehead atoms. The second-order valence-electron chi connectivity index (χ2n) is 27.8. The summed E-state index contributed by atoms with van der Waals surface area (Å²) in [6.07, 6.45) is 8.98. The van der Waals surface area contributed by atoms with Gasteiger partial charge < -0.3 is 104 Å². The van der Waals surface area contributed by atoms with Crippen LogP contribution < -0.4 is 54.0 Å². The number of hydrogen-bond acceptors (Lipinski definition) is 18. The van der Waals surface area contributed by atoms with Crippen LogP contribution in [-0.2, 0) is 76.8 Å². The van der Waals surface area contributed by atoms with E-state index < -0.39 is 162 Å². The van der Waals surface area contributed by atoms with Gasteiger partial charge in [0, 0.05) is 92.4 Å². The number of fused-ring (bicyclic) bond motifs is 2. The molecule has 35 heteroatoms. The average Bonchev–Trinajstić information content (AvgIpc) is 1.61. The van der Waals surface area contributed by atoms with Gasteiger partial charge in [0.1, 0.15) is 72.5 Å². The summed E-state index contributed by atoms with van der Waals surface area (Å²) in [4.78, 5) is 190. The number of likely N-dealkylation sites (tertiary alicyclic amines) is 4. The van der Waals surface area contributed by atoms with E-state index in [2.05, 4.69) is 62.5 Å². The molecular formula is C71H99N19O15S. The van der Waals surface area contributed by atoms with Crippen molar-refractivity contribution in [2.24, 2.45) is 17.4 Å². The van der Waals surface area contributed by atoms with E-state index in [1.165, 1.54) is 50.8 Å². The first kappa shape index (κ1) is 80.0. The molecule has 0 spiro atoms. The molecule has 2 aromatic carbocycles. The third-order valence-electron chi connectivity index (χ3n) is 20.1. The fourth-order valence-electron chi connectivity index (χ4n) is 14.3. The minimum Gasteiger partial charge on any atom is -0.480 e. The van der Waals surface area contributed by atoms with Crippen LogP contribution in [0, 0.1) is 11.3 Å². The summed E-state index contributed by atoms with van der Waals surface area (Å²) in [7, 11) is 0. The largest absolute Gasteiger partial charge is 0.480 e. The SMILES string of the molecule is CSCC[C@H](NC(=O)[C@@H]1CCCN1C(=O)[C@@H]1CCCN1C(=O)[C@H](CCCNC(=N)N)NC(=O)[C@H](Cc1c[nH]cn1)NC(=O)[C@@H](N)[C@@H](C)O)C(=O)N[C@@H](Cc1c[nH]c2ccccc12)C(=O)N[C@@H](CO)C(=O)N1CCC[C@H]1C(=O)N[C@H](C(=O)N[C@@H](Cc1c[nH]c2ccccc12)C(=O)N1CCC[C@H]1C(=O)O)C(C)C. The Bertz CT molecular complexity index is 3980. The summed E-state index contributed by atoms with van der Waals surface area (Å²) in [5, 5.41) is 62.0. The van der Waals surface area contributed by atoms with Gasteiger partial charge in [0.25, 0.3) is 0 Å². The Morgan fingerprint density at radius 1 is 0.585 bits per heavy atom. The van der Waals surface area contributed by atoms with Crippen molar-refractivity contribution in [2.75, 3.05) is 51.3 Å². The van der Waals surface area contributed by atoms with Gasteiger partial charge >= 0.3 is 5.97 Å². The molecule has 0 saturated carbocycles. The van der Waals surface area contributed by atoms with Gasteiger partial charge in [-0.05, 0) is 119 Å². The number of aromatic nitrogens is 4. The molecule has 34 nitrogen and oxygen atoms in total. The zero-order valence-electron chi connectivity index (χ0n) is 59.9. The number of imidazole rings is 1. The van der Waals surface area contributed by atoms with Crippen molar-refractivity contribution in [3.8, 4) is 0 Å². The molecule has 11 amide bonds. The number of amides is 11. The van der Waals surface area contributed by atoms with Crippen LogP contribution in [0.3, 0.4) is 0 Å². The Hall–Kier alpha value is -10.1. The number of para-hydroxylation sites is 2. The summed E-state index contributed by atoms with van der Waals surface area (Å²) >= 11 is 1.38. The molecule has 4 aliphatic rings. The molecule has 13 atom stereocenters. The number of nitrogens with zero attached hydrogens (tertiary/aromatic N) is 5. The zero-order chi connectivity index (χ0) is 76.5. The number of rotatable bonds is 35. The summed E-state index contributed by atoms with van der Waals surface area (Å²) in [5.74, 6) is -9.85. The predicted octanol–water partition coefficient (Wildman–Crippen LogP) is -1.78. The molecule has 19 N–H and O–H groups in total. The van der Waals surface area contributed by atoms with Crippen LogP contribution in [-0.4, -0.2) is 262 Å². The van der Waals surface area contributed by atoms with E-state index in [-0.39, 0.29) is 103 Å². The average molecular weight is 1490 g/mol. The van der Waals surface area contributed by atoms with Gasteiger partial charge in [-0.3, -0.25) is 58.1 Å². The first-order chi connectivity index (χ1) is 50.8. The minimum absolute atomic E-state index is 0.00998. The smallest absolute Gasteiger partial charge is 0.326 e. The maximum Gasteiger partial charge on any atom is 0.326 e. The highest BCUT2D eigenvalue weighted by molar-refractivity contribution is 7.98. The number of guanidine groups is 1. The standard InChI is InChI=1S/C71H99N19O15S/c1-38(2)58(65(99)84-51(67(101)90-28-13-22-56(90)70(104)105)31-41-34-78-46-17-8-6-15-44(41)46)86-63(97)54-20-10-25-87(54)68(102)52(36-91)85-60(94)49(30-40-33-77-45-16-7-5-14-43(40)45)82-59(93)47(23-29-106-4)80-62(96)53-19-11-26-88(53)69(103)55-21-12-27-89(55)66(100)48(18-9-24-76-71(73)74)81-61(95)50(32-42-35-75-37-79-42)83-64(98)57(72)39(3)92/h5-8,14-17,33-35,37-39,47-58,77-78,91-92H,9-13,18-32,36,72H2,1-4H3,(H,75,79)(H,80,96)(H,81,95)(H,82,93)(H,83,98)(H,84,99)(H,85,94)(H,86,97)(H,104,105)(H4,73,74,76)/t39-,47+,48+,49+,50+,51+,52+,53+,54+,55+,56+,57+,58+/m1/s1. The summed E-state index contributed by atoms with van der Waals surface area (Å²) in [6.45, 7) is 4.26. The molecule has 4 aliphatic heterocycles. The van der Waals surface area contributed by atoms with Gasteiger partial charge in [-0.1, -0.05) is 50.2 Å². The monoisotopic (exact) mass is 1490 g/mol. The van der Waals surface area contributed by atoms with Crippen LogP contribution in [0.15, 0.2) is 73.4 Å². The number of thioether (sulfide) groups is 1. The predicted molar refractivity (Wildman–Crippen MR) is 390 cm³/mol. The number of nitrogens with one attached hydrogen (secondary N) is 12. The van der Waals surface area contributed by atoms with E-state index in [1.54, 1.807) is 44.6 Å². The van der Waals surface area contributed by atoms with E-state index in [9.17, 15) is 72.9 Å². The topological polar surface area (TPSA) is 511 Å². The van der Waals surface area contributed by atoms with Crippen LogP contribution in [0.4, 0.5) is 0 Å². The quantitative estimate of drug-likeness (QED) is 0.0121. The van der Waals surface area contributed by atoms with Crippen molar-refractivity contribution in [3.63, 3.8) is 0 Å². The number of aliphatic hydroxyl groups is 2. The Labute approximate surface area is 616 Å². The number of aliphatic carboxylic acids is 1. The van der Waals surface area contributed by atoms with Crippen molar-refractivity contribution in [1.82, 2.24) is 82.1 Å². The maximum atomic E-state index is 14.9. The third kappa shape index (κ3) is 19.9. The van der Waals surface area contributed by atoms with E-state index in [0.29, 0.717) is 59.2 Å². The Balaban J connectivity index is 0.878. The lowest BCUT2D eigenvalue weighted by Crippen LogP contribution is -2.61. The second-order valence-corrected chi connectivity index (χ2v) is 28.8. The molecule has 106 heavy (non-hydrogen) atoms. The molecule has 9 rings (SSSR count). The highest BCUT2D eigenvalue weighted by Crippen LogP contribution is 2.29. The molecule has 0 radical (unpaired) electrons. The number of aliphatic hydroxyl groups excluding tert-OH is 2. The van der Waals surface area contributed by atoms with E-state index >= 15 is 0 Å². The second kappa shape index (κ2) is 37.2. The number of aromatic amines is 3. The number of carbonyl (C=O) groups is 12. The molecule has 574 valence electrons. The lowest BCUT2D eigenvalue weighted by molar-refractivity contribution is -0.149. The molecule has 3 aromatic heterocycles. The Kier molecular flexibility index (Phi) is 28.1. The summed E-state index contributed by atoms with van der Waals surface area (Å²) in [6, 6.07) is -0.870. The van der Waals surface area contributed by atoms with Crippen molar-refractivity contribution in [1.29, 1.82) is 5.41 Å². The molecule has 5 aromatic rings. The number of H-pyrrole nitrogens is 3. The van der Waals surface area contributed by atoms with Crippen LogP contribution in [0.1, 0.15) is 108 Å². The summed E-state index contributed by atoms with van der Waals surface area (Å²) in [5.41, 5.74) is 14.6. The third-order valence-corrected chi connectivity index (χ3v) is 20.7. The van der Waals surface area contributed by atoms with E-state index in [4.69, 9.17) is 16.9 Å². The normalized spacial score (nSPS) is 19.8. The van der Waals surface area contributed by atoms with Gasteiger partial charge in [0.2, 0.25) is 65.0 Å². The highest BCUT2D eigenvalue weighted by atomic mass is 32.2. The fraction of sp³-hybridized carbons (Fsp3) is 0.549. The molecule has 7 heterocycles. The minimum atomic E-state index is -1.67. The molecule has 0 aliphatic carbocycles. The number of carboxylic acid groups (broad SMARTS) is 1. The highest BCUT2D eigenvalue weighted by Gasteiger charge is 2.47. The van der Waals surface area contributed by atoms with Crippen LogP contribution >= 0.6 is 11.8 Å². The lowest BCUT2D eigenvalue weighted by Gasteiger charge is -2.34. The maximum absolute atomic E-state index is 14.9. The van der Waals surface area contributed by atoms with Crippen molar-refractivity contribution in [2.45, 2.75) is 189 Å². The van der Waals surface area contributed by atoms with E-state index in [0.717, 1.165) is 10.9 Å². The molecule has 4 fully saturated rings. The first-order valence-electron chi connectivity index (χ1n) is 36.0. The number of nitrogens with two attached hydrogens (primary N) is 2. The fourth-order valence-corrected chi connectivity index (χ4v) is 14.8. The van der Waals surface area contributed by atoms with Gasteiger partial charge in [-0.15, -0.1) is 0 Å². The molecule has 4 saturated heterocycles. The number of benzene rings is 2. The summed E-state index contributed by atoms with van der Waals surface area (Å²) < 4.78 is 0. The van der Waals surface area contributed by atoms with Crippen molar-refractivity contribution < 1.29 is 72.9 Å². The Morgan fingerprint density at radius 3 is 1.63 bits per heavy atom. The van der Waals surface area contributed by atoms with Crippen LogP contribution in [0.2, 0.25) is 0 Å². The molecular weight excluding hydrogens is 1390 g/mol. The number of carbonyl (C=O) groups excluding carboxylic acids is 11.